The molecule has 0 aromatic rings. The molecule has 0 spiro atoms. The third-order valence-electron chi connectivity index (χ3n) is 0. The summed E-state index contributed by atoms with van der Waals surface area (Å²) in [4.78, 5) is 0. The zero-order valence-electron chi connectivity index (χ0n) is 5.22. The molecule has 0 aromatic carbocycles. The fourth-order valence-corrected chi connectivity index (χ4v) is 0. The fourth-order valence-electron chi connectivity index (χ4n) is 0. The van der Waals surface area contributed by atoms with E-state index in [1.165, 1.54) is 0 Å². The molecule has 0 aliphatic heterocycles. The summed E-state index contributed by atoms with van der Waals surface area (Å²) in [6.45, 7) is 0. The number of halogens is 3. The Hall–Kier alpha value is 1.61. The van der Waals surface area contributed by atoms with E-state index in [9.17, 15) is 0 Å². The van der Waals surface area contributed by atoms with Crippen LogP contribution in [-0.2, 0) is 17.4 Å². The van der Waals surface area contributed by atoms with Crippen LogP contribution < -0.4 is 37.8 Å². The molecule has 13 heteroatoms. The van der Waals surface area contributed by atoms with Crippen LogP contribution in [0.2, 0.25) is 0 Å². The topological polar surface area (TPSA) is 208 Å². The van der Waals surface area contributed by atoms with Crippen LogP contribution in [0.3, 0.4) is 0 Å². The Bertz CT molecular complexity index is 43.4. The Morgan fingerprint density at radius 3 is 0.385 bits per heavy atom. The van der Waals surface area contributed by atoms with Crippen molar-refractivity contribution < 1.29 is 99.6 Å². The second-order valence-corrected chi connectivity index (χ2v) is 2.95. The molecule has 0 N–H and O–H groups in total. The van der Waals surface area contributed by atoms with Crippen molar-refractivity contribution in [2.24, 2.45) is 0 Å². The first-order valence-corrected chi connectivity index (χ1v) is 7.22. The molecule has 0 aliphatic rings. The average molecular weight is 436 g/mol. The first-order valence-electron chi connectivity index (χ1n) is 1.39. The van der Waals surface area contributed by atoms with E-state index in [2.05, 4.69) is 0 Å². The molecular weight excluding hydrogens is 436 g/mol. The Morgan fingerprint density at radius 1 is 0.385 bits per heavy atom. The van der Waals surface area contributed by atoms with Gasteiger partial charge in [-0.1, -0.05) is 0 Å². The molecule has 0 saturated heterocycles. The second kappa shape index (κ2) is 19.2. The van der Waals surface area contributed by atoms with Crippen LogP contribution >= 0.6 is 0 Å². The molecule has 9 nitrogen and oxygen atoms in total. The van der Waals surface area contributed by atoms with E-state index in [0.717, 1.165) is 0 Å². The van der Waals surface area contributed by atoms with Gasteiger partial charge >= 0.3 is 17.4 Å². The van der Waals surface area contributed by atoms with E-state index in [0.29, 0.717) is 0 Å². The Labute approximate surface area is 99.1 Å². The Kier molecular flexibility index (Phi) is 35.6. The Balaban J connectivity index is -0.0000000450. The van der Waals surface area contributed by atoms with Crippen molar-refractivity contribution in [1.29, 1.82) is 0 Å². The minimum absolute atomic E-state index is 0. The summed E-state index contributed by atoms with van der Waals surface area (Å²) >= 11 is -10.9. The van der Waals surface area contributed by atoms with Crippen molar-refractivity contribution >= 4 is 0 Å². The van der Waals surface area contributed by atoms with Crippen LogP contribution in [0.25, 0.3) is 0 Å². The molecule has 0 amide bonds. The minimum Gasteiger partial charge on any atom is -0.405 e. The molecule has 0 rings (SSSR count). The van der Waals surface area contributed by atoms with Gasteiger partial charge in [0.2, 0.25) is 44.4 Å². The zero-order valence-corrected chi connectivity index (χ0v) is 11.2. The summed E-state index contributed by atoms with van der Waals surface area (Å²) in [5, 5.41) is 0. The van der Waals surface area contributed by atoms with Crippen molar-refractivity contribution in [1.82, 2.24) is 0 Å². The van der Waals surface area contributed by atoms with Crippen LogP contribution in [-0.4, -0.2) is 0 Å². The van der Waals surface area contributed by atoms with Gasteiger partial charge in [-0.15, -0.1) is 0 Å². The van der Waals surface area contributed by atoms with Gasteiger partial charge in [0.15, 0.2) is 0 Å². The summed E-state index contributed by atoms with van der Waals surface area (Å²) in [7, 11) is 0. The van der Waals surface area contributed by atoms with Crippen LogP contribution in [0.4, 0.5) is 0 Å². The summed E-state index contributed by atoms with van der Waals surface area (Å²) in [6, 6.07) is 0. The van der Waals surface area contributed by atoms with E-state index in [4.69, 9.17) is 37.8 Å². The SMILES string of the molecule is [Cr+3].[O-][Br+2]([O-])[O-].[O-][Br+2]([O-])[O-].[O-][Br+2]([O-])[O-]. The van der Waals surface area contributed by atoms with Crippen LogP contribution in [0, 0.1) is 44.4 Å². The molecule has 0 atom stereocenters. The Morgan fingerprint density at radius 2 is 0.385 bits per heavy atom. The molecule has 0 aromatic heterocycles. The maximum absolute atomic E-state index is 8.52. The number of hydrogen-bond acceptors (Lipinski definition) is 9. The molecule has 0 heterocycles. The van der Waals surface area contributed by atoms with Crippen LogP contribution in [0.1, 0.15) is 0 Å². The van der Waals surface area contributed by atoms with E-state index >= 15 is 0 Å². The van der Waals surface area contributed by atoms with Crippen molar-refractivity contribution in [3.05, 3.63) is 0 Å². The van der Waals surface area contributed by atoms with Gasteiger partial charge in [0, 0.05) is 0 Å². The molecule has 81 valence electrons. The van der Waals surface area contributed by atoms with Gasteiger partial charge in [-0.3, -0.25) is 0 Å². The fraction of sp³-hybridized carbons (Fsp3) is 0. The summed E-state index contributed by atoms with van der Waals surface area (Å²) in [5.74, 6) is 0. The quantitative estimate of drug-likeness (QED) is 0.353. The largest absolute Gasteiger partial charge is 3.00 e. The molecule has 0 fully saturated rings. The van der Waals surface area contributed by atoms with Gasteiger partial charge < -0.3 is 37.8 Å². The van der Waals surface area contributed by atoms with E-state index in [-0.39, 0.29) is 17.4 Å². The van der Waals surface area contributed by atoms with Crippen molar-refractivity contribution in [2.75, 3.05) is 0 Å². The van der Waals surface area contributed by atoms with E-state index < -0.39 is 44.4 Å². The summed E-state index contributed by atoms with van der Waals surface area (Å²) < 4.78 is 76.7. The monoisotopic (exact) mass is 433 g/mol. The molecule has 13 heavy (non-hydrogen) atoms. The smallest absolute Gasteiger partial charge is 0.405 e. The maximum Gasteiger partial charge on any atom is 3.00 e. The van der Waals surface area contributed by atoms with Crippen LogP contribution in [0.15, 0.2) is 0 Å². The van der Waals surface area contributed by atoms with Gasteiger partial charge in [-0.25, -0.2) is 0 Å². The standard InChI is InChI=1S/3BrO3.Cr/c3*2-1(3)4;/q3*-1;+3. The van der Waals surface area contributed by atoms with Gasteiger partial charge in [0.05, 0.1) is 0 Å². The number of rotatable bonds is 0. The van der Waals surface area contributed by atoms with Gasteiger partial charge in [0.1, 0.15) is 0 Å². The minimum atomic E-state index is -3.65. The van der Waals surface area contributed by atoms with Gasteiger partial charge in [-0.2, -0.15) is 0 Å². The van der Waals surface area contributed by atoms with Crippen molar-refractivity contribution in [2.45, 2.75) is 0 Å². The third-order valence-corrected chi connectivity index (χ3v) is 0. The molecule has 0 saturated carbocycles. The van der Waals surface area contributed by atoms with Crippen LogP contribution in [0.5, 0.6) is 0 Å². The first-order chi connectivity index (χ1) is 5.20. The van der Waals surface area contributed by atoms with Gasteiger partial charge in [-0.05, 0) is 0 Å². The van der Waals surface area contributed by atoms with Crippen molar-refractivity contribution in [3.63, 3.8) is 0 Å². The van der Waals surface area contributed by atoms with E-state index in [1.54, 1.807) is 0 Å². The maximum atomic E-state index is 8.52. The molecule has 1 radical (unpaired) electrons. The second-order valence-electron chi connectivity index (χ2n) is 0.567. The first kappa shape index (κ1) is 24.0. The third kappa shape index (κ3) is 706. The molecule has 0 bridgehead atoms. The summed E-state index contributed by atoms with van der Waals surface area (Å²) in [5.41, 5.74) is 0. The summed E-state index contributed by atoms with van der Waals surface area (Å²) in [6.07, 6.45) is 0. The van der Waals surface area contributed by atoms with Gasteiger partial charge in [0.25, 0.3) is 0 Å². The predicted molar refractivity (Wildman–Crippen MR) is 0 cm³/mol. The number of hydrogen-bond donors (Lipinski definition) is 0. The van der Waals surface area contributed by atoms with Crippen molar-refractivity contribution in [3.8, 4) is 0 Å². The van der Waals surface area contributed by atoms with E-state index in [1.807, 2.05) is 0 Å². The molecular formula is Br3CrO9. The zero-order chi connectivity index (χ0) is 10.7. The molecule has 0 unspecified atom stereocenters. The predicted octanol–water partition coefficient (Wildman–Crippen LogP) is -10.7. The normalized spacial score (nSPS) is 8.31. The average Bonchev–Trinajstić information content (AvgIpc) is 1.54. The molecule has 0 aliphatic carbocycles.